The second kappa shape index (κ2) is 24.4. The summed E-state index contributed by atoms with van der Waals surface area (Å²) in [6, 6.07) is 32.7. The van der Waals surface area contributed by atoms with E-state index in [4.69, 9.17) is 9.47 Å². The standard InChI is InChI=1S/2C28H36N2O2/c2*1-6-30(7-2)28(31)24-12-8-10-21(17-24)16-22-14-15-25(20-29(3)4)27(18-22)23-11-9-13-26(19-23)32-5/h2*8-13,16-19,25H,6-7,14-15,20H2,1-5H3/b2*22-16+. The fraction of sp³-hybridized carbons (Fsp3) is 0.393. The van der Waals surface area contributed by atoms with Crippen molar-refractivity contribution in [3.63, 3.8) is 0 Å². The molecule has 0 fully saturated rings. The quantitative estimate of drug-likeness (QED) is 0.112. The molecule has 64 heavy (non-hydrogen) atoms. The first-order chi connectivity index (χ1) is 30.9. The topological polar surface area (TPSA) is 65.6 Å². The number of nitrogens with zero attached hydrogens (tertiary/aromatic N) is 4. The van der Waals surface area contributed by atoms with Gasteiger partial charge in [0, 0.05) is 50.4 Å². The van der Waals surface area contributed by atoms with Gasteiger partial charge in [0.1, 0.15) is 11.5 Å². The smallest absolute Gasteiger partial charge is 0.253 e. The van der Waals surface area contributed by atoms with Gasteiger partial charge in [-0.15, -0.1) is 0 Å². The van der Waals surface area contributed by atoms with Crippen LogP contribution >= 0.6 is 0 Å². The average Bonchev–Trinajstić information content (AvgIpc) is 3.30. The molecule has 0 radical (unpaired) electrons. The highest BCUT2D eigenvalue weighted by Gasteiger charge is 2.24. The summed E-state index contributed by atoms with van der Waals surface area (Å²) in [6.07, 6.45) is 13.4. The number of hydrogen-bond acceptors (Lipinski definition) is 6. The van der Waals surface area contributed by atoms with Crippen molar-refractivity contribution >= 4 is 35.1 Å². The molecule has 4 aromatic rings. The molecule has 340 valence electrons. The summed E-state index contributed by atoms with van der Waals surface area (Å²) in [7, 11) is 12.0. The number of rotatable bonds is 16. The maximum absolute atomic E-state index is 12.8. The van der Waals surface area contributed by atoms with Gasteiger partial charge in [0.05, 0.1) is 14.2 Å². The van der Waals surface area contributed by atoms with Crippen molar-refractivity contribution in [2.45, 2.75) is 53.4 Å². The summed E-state index contributed by atoms with van der Waals surface area (Å²) in [5, 5.41) is 0. The third kappa shape index (κ3) is 13.7. The molecule has 0 N–H and O–H groups in total. The van der Waals surface area contributed by atoms with Crippen molar-refractivity contribution in [2.24, 2.45) is 11.8 Å². The molecule has 2 atom stereocenters. The number of amides is 2. The van der Waals surface area contributed by atoms with Gasteiger partial charge in [-0.3, -0.25) is 9.59 Å². The molecular weight excluding hydrogens is 793 g/mol. The monoisotopic (exact) mass is 865 g/mol. The molecule has 0 saturated carbocycles. The molecule has 8 heteroatoms. The van der Waals surface area contributed by atoms with Crippen LogP contribution in [0.1, 0.15) is 96.3 Å². The lowest BCUT2D eigenvalue weighted by Crippen LogP contribution is -2.30. The summed E-state index contributed by atoms with van der Waals surface area (Å²) < 4.78 is 10.9. The van der Waals surface area contributed by atoms with Crippen LogP contribution in [0.4, 0.5) is 0 Å². The molecule has 0 saturated heterocycles. The minimum absolute atomic E-state index is 0.0950. The Morgan fingerprint density at radius 3 is 1.27 bits per heavy atom. The average molecular weight is 865 g/mol. The second-order valence-corrected chi connectivity index (χ2v) is 17.3. The Morgan fingerprint density at radius 1 is 0.547 bits per heavy atom. The number of methoxy groups -OCH3 is 2. The van der Waals surface area contributed by atoms with E-state index in [0.717, 1.165) is 98.7 Å². The molecule has 0 heterocycles. The molecule has 0 aliphatic heterocycles. The summed E-state index contributed by atoms with van der Waals surface area (Å²) in [6.45, 7) is 13.0. The minimum Gasteiger partial charge on any atom is -0.497 e. The van der Waals surface area contributed by atoms with Gasteiger partial charge >= 0.3 is 0 Å². The molecule has 2 amide bonds. The number of benzene rings is 4. The van der Waals surface area contributed by atoms with Gasteiger partial charge in [-0.2, -0.15) is 0 Å². The van der Waals surface area contributed by atoms with Crippen molar-refractivity contribution in [1.29, 1.82) is 0 Å². The largest absolute Gasteiger partial charge is 0.497 e. The number of allylic oxidation sites excluding steroid dienone is 4. The molecular formula is C56H72N4O4. The Labute approximate surface area is 384 Å². The number of carbonyl (C=O) groups is 2. The Morgan fingerprint density at radius 2 is 0.922 bits per heavy atom. The van der Waals surface area contributed by atoms with E-state index in [0.29, 0.717) is 11.8 Å². The van der Waals surface area contributed by atoms with Gasteiger partial charge in [-0.25, -0.2) is 0 Å². The van der Waals surface area contributed by atoms with E-state index in [1.165, 1.54) is 33.4 Å². The van der Waals surface area contributed by atoms with Gasteiger partial charge < -0.3 is 29.1 Å². The van der Waals surface area contributed by atoms with Crippen LogP contribution < -0.4 is 9.47 Å². The van der Waals surface area contributed by atoms with Crippen LogP contribution in [0.15, 0.2) is 120 Å². The fourth-order valence-corrected chi connectivity index (χ4v) is 8.84. The summed E-state index contributed by atoms with van der Waals surface area (Å²) in [4.78, 5) is 33.8. The van der Waals surface area contributed by atoms with Crippen LogP contribution in [0.5, 0.6) is 11.5 Å². The maximum Gasteiger partial charge on any atom is 0.253 e. The molecule has 8 nitrogen and oxygen atoms in total. The highest BCUT2D eigenvalue weighted by atomic mass is 16.5. The Balaban J connectivity index is 0.000000241. The molecule has 0 spiro atoms. The summed E-state index contributed by atoms with van der Waals surface area (Å²) >= 11 is 0. The van der Waals surface area contributed by atoms with Gasteiger partial charge in [0.2, 0.25) is 0 Å². The van der Waals surface area contributed by atoms with Crippen LogP contribution in [0.25, 0.3) is 23.3 Å². The van der Waals surface area contributed by atoms with Crippen LogP contribution in [0.2, 0.25) is 0 Å². The summed E-state index contributed by atoms with van der Waals surface area (Å²) in [5.74, 6) is 2.90. The first-order valence-corrected chi connectivity index (χ1v) is 23.1. The van der Waals surface area contributed by atoms with Gasteiger partial charge in [-0.1, -0.05) is 72.8 Å². The third-order valence-corrected chi connectivity index (χ3v) is 12.2. The zero-order chi connectivity index (χ0) is 46.2. The highest BCUT2D eigenvalue weighted by Crippen LogP contribution is 2.38. The van der Waals surface area contributed by atoms with Crippen molar-refractivity contribution < 1.29 is 19.1 Å². The molecule has 4 aromatic carbocycles. The fourth-order valence-electron chi connectivity index (χ4n) is 8.84. The zero-order valence-corrected chi connectivity index (χ0v) is 40.2. The molecule has 6 rings (SSSR count). The van der Waals surface area contributed by atoms with E-state index in [9.17, 15) is 9.59 Å². The first-order valence-electron chi connectivity index (χ1n) is 23.1. The van der Waals surface area contributed by atoms with E-state index in [1.807, 2.05) is 86.0 Å². The molecule has 2 aliphatic carbocycles. The van der Waals surface area contributed by atoms with Crippen LogP contribution in [0, 0.1) is 11.8 Å². The predicted molar refractivity (Wildman–Crippen MR) is 268 cm³/mol. The molecule has 2 aliphatic rings. The Kier molecular flexibility index (Phi) is 18.8. The minimum atomic E-state index is 0.0950. The Bertz CT molecular complexity index is 2130. The zero-order valence-electron chi connectivity index (χ0n) is 40.2. The lowest BCUT2D eigenvalue weighted by Gasteiger charge is -2.29. The number of hydrogen-bond donors (Lipinski definition) is 0. The van der Waals surface area contributed by atoms with Crippen LogP contribution in [-0.4, -0.2) is 113 Å². The number of ether oxygens (including phenoxy) is 2. The van der Waals surface area contributed by atoms with E-state index >= 15 is 0 Å². The number of carbonyl (C=O) groups excluding carboxylic acids is 2. The van der Waals surface area contributed by atoms with Crippen LogP contribution in [-0.2, 0) is 0 Å². The lowest BCUT2D eigenvalue weighted by molar-refractivity contribution is 0.0765. The van der Waals surface area contributed by atoms with Crippen molar-refractivity contribution in [1.82, 2.24) is 19.6 Å². The third-order valence-electron chi connectivity index (χ3n) is 12.2. The van der Waals surface area contributed by atoms with Crippen molar-refractivity contribution in [2.75, 3.05) is 81.7 Å². The van der Waals surface area contributed by atoms with E-state index in [1.54, 1.807) is 14.2 Å². The van der Waals surface area contributed by atoms with Crippen LogP contribution in [0.3, 0.4) is 0 Å². The van der Waals surface area contributed by atoms with E-state index < -0.39 is 0 Å². The lowest BCUT2D eigenvalue weighted by atomic mass is 9.81. The van der Waals surface area contributed by atoms with E-state index in [2.05, 4.69) is 111 Å². The second-order valence-electron chi connectivity index (χ2n) is 17.3. The normalized spacial score (nSPS) is 17.4. The molecule has 0 bridgehead atoms. The first kappa shape index (κ1) is 49.3. The van der Waals surface area contributed by atoms with Crippen molar-refractivity contribution in [3.05, 3.63) is 154 Å². The summed E-state index contributed by atoms with van der Waals surface area (Å²) in [5.41, 5.74) is 11.4. The highest BCUT2D eigenvalue weighted by molar-refractivity contribution is 5.95. The molecule has 2 unspecified atom stereocenters. The maximum atomic E-state index is 12.8. The van der Waals surface area contributed by atoms with Crippen molar-refractivity contribution in [3.8, 4) is 11.5 Å². The molecule has 0 aromatic heterocycles. The Hall–Kier alpha value is -5.70. The van der Waals surface area contributed by atoms with Gasteiger partial charge in [-0.05, 0) is 186 Å². The van der Waals surface area contributed by atoms with Gasteiger partial charge in [0.15, 0.2) is 0 Å². The predicted octanol–water partition coefficient (Wildman–Crippen LogP) is 11.2. The van der Waals surface area contributed by atoms with E-state index in [-0.39, 0.29) is 11.8 Å². The SMILES string of the molecule is CCN(CC)C(=O)c1cccc(/C=C2/C=C(c3cccc(OC)c3)C(CN(C)C)CC2)c1.CCN(CC)C(=O)c1cccc(/C=C2/C=C(c3cccc(OC)c3)C(CN(C)C)CC2)c1. The van der Waals surface area contributed by atoms with Gasteiger partial charge in [0.25, 0.3) is 11.8 Å².